The van der Waals surface area contributed by atoms with Gasteiger partial charge in [-0.3, -0.25) is 0 Å². The van der Waals surface area contributed by atoms with Crippen molar-refractivity contribution in [1.29, 1.82) is 0 Å². The number of ether oxygens (including phenoxy) is 1. The predicted molar refractivity (Wildman–Crippen MR) is 93.5 cm³/mol. The topological polar surface area (TPSA) is 47.3 Å². The van der Waals surface area contributed by atoms with Crippen molar-refractivity contribution >= 4 is 33.0 Å². The Hall–Kier alpha value is -1.68. The molecule has 3 N–H and O–H groups in total. The van der Waals surface area contributed by atoms with Crippen molar-refractivity contribution in [1.82, 2.24) is 0 Å². The molecular formula is C17H21BrN2O. The van der Waals surface area contributed by atoms with E-state index in [4.69, 9.17) is 10.5 Å². The lowest BCUT2D eigenvalue weighted by molar-refractivity contribution is 0.244. The molecule has 0 amide bonds. The maximum absolute atomic E-state index is 6.19. The zero-order chi connectivity index (χ0) is 15.6. The smallest absolute Gasteiger partial charge is 0.144 e. The summed E-state index contributed by atoms with van der Waals surface area (Å²) in [6, 6.07) is 9.96. The molecule has 2 aromatic carbocycles. The summed E-state index contributed by atoms with van der Waals surface area (Å²) in [5, 5.41) is 3.37. The Morgan fingerprint density at radius 2 is 1.76 bits per heavy atom. The Kier molecular flexibility index (Phi) is 4.78. The first-order valence-electron chi connectivity index (χ1n) is 6.97. The van der Waals surface area contributed by atoms with Gasteiger partial charge < -0.3 is 15.8 Å². The highest BCUT2D eigenvalue weighted by molar-refractivity contribution is 9.10. The molecule has 0 aliphatic rings. The Morgan fingerprint density at radius 3 is 2.33 bits per heavy atom. The number of anilines is 3. The summed E-state index contributed by atoms with van der Waals surface area (Å²) in [6.45, 7) is 8.12. The normalized spacial score (nSPS) is 10.8. The lowest BCUT2D eigenvalue weighted by Gasteiger charge is -2.16. The second kappa shape index (κ2) is 6.39. The van der Waals surface area contributed by atoms with Gasteiger partial charge in [0.05, 0.1) is 17.5 Å². The maximum atomic E-state index is 6.19. The molecule has 0 fully saturated rings. The summed E-state index contributed by atoms with van der Waals surface area (Å²) in [4.78, 5) is 0. The molecule has 21 heavy (non-hydrogen) atoms. The first kappa shape index (κ1) is 15.7. The molecule has 0 radical (unpaired) electrons. The van der Waals surface area contributed by atoms with E-state index in [0.29, 0.717) is 11.4 Å². The zero-order valence-electron chi connectivity index (χ0n) is 12.8. The Balaban J connectivity index is 2.32. The van der Waals surface area contributed by atoms with Gasteiger partial charge >= 0.3 is 0 Å². The highest BCUT2D eigenvalue weighted by atomic mass is 79.9. The molecule has 112 valence electrons. The van der Waals surface area contributed by atoms with Crippen molar-refractivity contribution in [2.75, 3.05) is 11.1 Å². The summed E-state index contributed by atoms with van der Waals surface area (Å²) in [6.07, 6.45) is 0.0970. The van der Waals surface area contributed by atoms with Crippen LogP contribution in [0.4, 0.5) is 17.1 Å². The van der Waals surface area contributed by atoms with Crippen molar-refractivity contribution in [3.63, 3.8) is 0 Å². The largest absolute Gasteiger partial charge is 0.489 e. The van der Waals surface area contributed by atoms with Gasteiger partial charge in [0.25, 0.3) is 0 Å². The molecule has 0 saturated carbocycles. The molecule has 0 atom stereocenters. The minimum absolute atomic E-state index is 0.0970. The van der Waals surface area contributed by atoms with E-state index in [1.807, 2.05) is 32.0 Å². The van der Waals surface area contributed by atoms with Gasteiger partial charge in [0.15, 0.2) is 0 Å². The van der Waals surface area contributed by atoms with E-state index in [2.05, 4.69) is 47.2 Å². The van der Waals surface area contributed by atoms with Gasteiger partial charge in [-0.25, -0.2) is 0 Å². The number of nitrogens with one attached hydrogen (secondary N) is 1. The number of hydrogen-bond acceptors (Lipinski definition) is 3. The number of nitrogen functional groups attached to an aromatic ring is 1. The first-order valence-corrected chi connectivity index (χ1v) is 7.76. The van der Waals surface area contributed by atoms with Gasteiger partial charge in [-0.15, -0.1) is 0 Å². The van der Waals surface area contributed by atoms with Crippen LogP contribution < -0.4 is 15.8 Å². The van der Waals surface area contributed by atoms with Gasteiger partial charge in [-0.1, -0.05) is 22.0 Å². The lowest BCUT2D eigenvalue weighted by atomic mass is 10.1. The SMILES string of the molecule is Cc1cc(Nc2cccc(OC(C)C)c2N)cc(C)c1Br. The first-order chi connectivity index (χ1) is 9.88. The summed E-state index contributed by atoms with van der Waals surface area (Å²) < 4.78 is 6.85. The molecule has 0 aliphatic heterocycles. The number of rotatable bonds is 4. The van der Waals surface area contributed by atoms with Crippen molar-refractivity contribution in [3.05, 3.63) is 45.9 Å². The van der Waals surface area contributed by atoms with Crippen molar-refractivity contribution in [3.8, 4) is 5.75 Å². The Labute approximate surface area is 134 Å². The summed E-state index contributed by atoms with van der Waals surface area (Å²) >= 11 is 3.58. The average molecular weight is 349 g/mol. The maximum Gasteiger partial charge on any atom is 0.144 e. The molecule has 0 bridgehead atoms. The molecule has 0 aliphatic carbocycles. The predicted octanol–water partition coefficient (Wildman–Crippen LogP) is 5.18. The zero-order valence-corrected chi connectivity index (χ0v) is 14.4. The third-order valence-corrected chi connectivity index (χ3v) is 4.40. The van der Waals surface area contributed by atoms with Crippen LogP contribution in [-0.2, 0) is 0 Å². The van der Waals surface area contributed by atoms with Crippen LogP contribution >= 0.6 is 15.9 Å². The average Bonchev–Trinajstić information content (AvgIpc) is 2.40. The van der Waals surface area contributed by atoms with Gasteiger partial charge in [0.1, 0.15) is 5.75 Å². The molecular weight excluding hydrogens is 328 g/mol. The molecule has 0 heterocycles. The second-order valence-corrected chi connectivity index (χ2v) is 6.23. The van der Waals surface area contributed by atoms with Crippen LogP contribution in [0.2, 0.25) is 0 Å². The van der Waals surface area contributed by atoms with Gasteiger partial charge in [-0.2, -0.15) is 0 Å². The van der Waals surface area contributed by atoms with Crippen molar-refractivity contribution in [2.45, 2.75) is 33.8 Å². The standard InChI is InChI=1S/C17H21BrN2O/c1-10(2)21-15-7-5-6-14(17(15)19)20-13-8-11(3)16(18)12(4)9-13/h5-10,20H,19H2,1-4H3. The van der Waals surface area contributed by atoms with Crippen LogP contribution in [0.25, 0.3) is 0 Å². The summed E-state index contributed by atoms with van der Waals surface area (Å²) in [5.74, 6) is 0.709. The van der Waals surface area contributed by atoms with Gasteiger partial charge in [-0.05, 0) is 63.1 Å². The number of aryl methyl sites for hydroxylation is 2. The van der Waals surface area contributed by atoms with E-state index in [9.17, 15) is 0 Å². The van der Waals surface area contributed by atoms with Crippen molar-refractivity contribution < 1.29 is 4.74 Å². The third kappa shape index (κ3) is 3.70. The van der Waals surface area contributed by atoms with Crippen LogP contribution in [0, 0.1) is 13.8 Å². The molecule has 3 nitrogen and oxygen atoms in total. The van der Waals surface area contributed by atoms with E-state index in [0.717, 1.165) is 15.8 Å². The molecule has 0 saturated heterocycles. The van der Waals surface area contributed by atoms with Crippen LogP contribution in [0.1, 0.15) is 25.0 Å². The quantitative estimate of drug-likeness (QED) is 0.748. The van der Waals surface area contributed by atoms with Crippen LogP contribution in [0.15, 0.2) is 34.8 Å². The van der Waals surface area contributed by atoms with Gasteiger partial charge in [0, 0.05) is 10.2 Å². The number of halogens is 1. The number of nitrogens with two attached hydrogens (primary N) is 1. The highest BCUT2D eigenvalue weighted by Gasteiger charge is 2.09. The molecule has 0 spiro atoms. The molecule has 0 unspecified atom stereocenters. The minimum atomic E-state index is 0.0970. The molecule has 0 aromatic heterocycles. The third-order valence-electron chi connectivity index (χ3n) is 3.14. The fourth-order valence-corrected chi connectivity index (χ4v) is 2.41. The summed E-state index contributed by atoms with van der Waals surface area (Å²) in [5.41, 5.74) is 11.1. The Bertz CT molecular complexity index is 630. The van der Waals surface area contributed by atoms with E-state index in [1.54, 1.807) is 0 Å². The fourth-order valence-electron chi connectivity index (χ4n) is 2.18. The van der Waals surface area contributed by atoms with Crippen LogP contribution in [0.3, 0.4) is 0 Å². The van der Waals surface area contributed by atoms with E-state index < -0.39 is 0 Å². The molecule has 2 rings (SSSR count). The van der Waals surface area contributed by atoms with Gasteiger partial charge in [0.2, 0.25) is 0 Å². The summed E-state index contributed by atoms with van der Waals surface area (Å²) in [7, 11) is 0. The molecule has 4 heteroatoms. The second-order valence-electron chi connectivity index (χ2n) is 5.43. The Morgan fingerprint density at radius 1 is 1.14 bits per heavy atom. The minimum Gasteiger partial charge on any atom is -0.489 e. The lowest BCUT2D eigenvalue weighted by Crippen LogP contribution is -2.08. The number of benzene rings is 2. The highest BCUT2D eigenvalue weighted by Crippen LogP contribution is 2.33. The van der Waals surface area contributed by atoms with Crippen molar-refractivity contribution in [2.24, 2.45) is 0 Å². The fraction of sp³-hybridized carbons (Fsp3) is 0.294. The van der Waals surface area contributed by atoms with E-state index in [-0.39, 0.29) is 6.10 Å². The number of hydrogen-bond donors (Lipinski definition) is 2. The van der Waals surface area contributed by atoms with E-state index >= 15 is 0 Å². The van der Waals surface area contributed by atoms with E-state index in [1.165, 1.54) is 11.1 Å². The van der Waals surface area contributed by atoms with Crippen LogP contribution in [-0.4, -0.2) is 6.10 Å². The number of para-hydroxylation sites is 1. The molecule has 2 aromatic rings. The monoisotopic (exact) mass is 348 g/mol. The van der Waals surface area contributed by atoms with Crippen LogP contribution in [0.5, 0.6) is 5.75 Å².